The van der Waals surface area contributed by atoms with Crippen molar-refractivity contribution in [3.63, 3.8) is 0 Å². The molecule has 0 aromatic rings. The molecule has 1 aliphatic rings. The topological polar surface area (TPSA) is 58.6 Å². The number of hydrogen-bond donors (Lipinski definition) is 2. The van der Waals surface area contributed by atoms with Crippen molar-refractivity contribution >= 4 is 5.97 Å². The van der Waals surface area contributed by atoms with Gasteiger partial charge in [0.05, 0.1) is 12.5 Å². The molecule has 1 rings (SSSR count). The Balaban J connectivity index is 2.35. The lowest BCUT2D eigenvalue weighted by Gasteiger charge is -2.27. The van der Waals surface area contributed by atoms with Crippen LogP contribution in [-0.4, -0.2) is 37.4 Å². The molecule has 0 aromatic carbocycles. The number of piperidine rings is 1. The number of hydrogen-bond acceptors (Lipinski definition) is 3. The largest absolute Gasteiger partial charge is 0.481 e. The number of ether oxygens (including phenoxy) is 1. The van der Waals surface area contributed by atoms with Crippen molar-refractivity contribution in [2.75, 3.05) is 20.3 Å². The summed E-state index contributed by atoms with van der Waals surface area (Å²) in [5, 5.41) is 12.0. The molecule has 2 unspecified atom stereocenters. The van der Waals surface area contributed by atoms with E-state index in [1.165, 1.54) is 0 Å². The third-order valence-electron chi connectivity index (χ3n) is 2.21. The predicted molar refractivity (Wildman–Crippen MR) is 44.0 cm³/mol. The minimum Gasteiger partial charge on any atom is -0.481 e. The molecule has 1 fully saturated rings. The van der Waals surface area contributed by atoms with Gasteiger partial charge in [0.25, 0.3) is 0 Å². The third kappa shape index (κ3) is 2.46. The van der Waals surface area contributed by atoms with Crippen molar-refractivity contribution in [1.82, 2.24) is 5.32 Å². The summed E-state index contributed by atoms with van der Waals surface area (Å²) < 4.78 is 4.95. The molecule has 1 heterocycles. The van der Waals surface area contributed by atoms with Gasteiger partial charge in [-0.2, -0.15) is 0 Å². The molecule has 0 spiro atoms. The summed E-state index contributed by atoms with van der Waals surface area (Å²) >= 11 is 0. The van der Waals surface area contributed by atoms with Crippen LogP contribution in [0.1, 0.15) is 12.8 Å². The quantitative estimate of drug-likeness (QED) is 0.635. The number of methoxy groups -OCH3 is 1. The summed E-state index contributed by atoms with van der Waals surface area (Å²) in [6.07, 6.45) is 1.42. The van der Waals surface area contributed by atoms with Crippen LogP contribution in [0.5, 0.6) is 0 Å². The third-order valence-corrected chi connectivity index (χ3v) is 2.21. The highest BCUT2D eigenvalue weighted by Crippen LogP contribution is 2.16. The highest BCUT2D eigenvalue weighted by molar-refractivity contribution is 5.70. The smallest absolute Gasteiger partial charge is 0.306 e. The fraction of sp³-hybridized carbons (Fsp3) is 0.875. The van der Waals surface area contributed by atoms with Gasteiger partial charge in [0.1, 0.15) is 0 Å². The standard InChI is InChI=1S/C8H15NO3/c1-12-5-7-4-6(8(10)11)2-3-9-7/h6-7,9H,2-5H2,1H3,(H,10,11). The Hall–Kier alpha value is -0.610. The number of nitrogens with one attached hydrogen (secondary N) is 1. The molecule has 2 atom stereocenters. The lowest BCUT2D eigenvalue weighted by Crippen LogP contribution is -2.42. The SMILES string of the molecule is COCC1CC(C(=O)O)CCN1. The Morgan fingerprint density at radius 2 is 2.50 bits per heavy atom. The van der Waals surface area contributed by atoms with E-state index in [0.29, 0.717) is 13.0 Å². The zero-order valence-electron chi connectivity index (χ0n) is 7.25. The maximum atomic E-state index is 10.6. The zero-order chi connectivity index (χ0) is 8.97. The molecule has 0 saturated carbocycles. The van der Waals surface area contributed by atoms with Gasteiger partial charge in [0.15, 0.2) is 0 Å². The van der Waals surface area contributed by atoms with Crippen molar-refractivity contribution in [2.45, 2.75) is 18.9 Å². The van der Waals surface area contributed by atoms with Gasteiger partial charge < -0.3 is 15.2 Å². The molecule has 0 radical (unpaired) electrons. The molecule has 2 N–H and O–H groups in total. The zero-order valence-corrected chi connectivity index (χ0v) is 7.25. The average Bonchev–Trinajstić information content (AvgIpc) is 2.05. The first-order valence-corrected chi connectivity index (χ1v) is 4.19. The van der Waals surface area contributed by atoms with Gasteiger partial charge in [-0.05, 0) is 19.4 Å². The summed E-state index contributed by atoms with van der Waals surface area (Å²) in [5.41, 5.74) is 0. The number of rotatable bonds is 3. The minimum atomic E-state index is -0.683. The predicted octanol–water partition coefficient (Wildman–Crippen LogP) is 0.0856. The monoisotopic (exact) mass is 173 g/mol. The first kappa shape index (κ1) is 9.48. The van der Waals surface area contributed by atoms with Gasteiger partial charge in [-0.3, -0.25) is 4.79 Å². The van der Waals surface area contributed by atoms with E-state index in [0.717, 1.165) is 13.0 Å². The molecule has 1 aliphatic heterocycles. The Morgan fingerprint density at radius 3 is 3.08 bits per heavy atom. The van der Waals surface area contributed by atoms with Crippen molar-refractivity contribution in [3.05, 3.63) is 0 Å². The van der Waals surface area contributed by atoms with Crippen molar-refractivity contribution in [1.29, 1.82) is 0 Å². The summed E-state index contributed by atoms with van der Waals surface area (Å²) in [6, 6.07) is 0.213. The molecule has 12 heavy (non-hydrogen) atoms. The Kier molecular flexibility index (Phi) is 3.49. The second-order valence-corrected chi connectivity index (χ2v) is 3.17. The van der Waals surface area contributed by atoms with E-state index < -0.39 is 5.97 Å². The minimum absolute atomic E-state index is 0.189. The van der Waals surface area contributed by atoms with Crippen LogP contribution in [0.3, 0.4) is 0 Å². The molecule has 0 amide bonds. The highest BCUT2D eigenvalue weighted by atomic mass is 16.5. The van der Waals surface area contributed by atoms with Gasteiger partial charge in [0, 0.05) is 13.2 Å². The number of carboxylic acid groups (broad SMARTS) is 1. The van der Waals surface area contributed by atoms with E-state index in [1.807, 2.05) is 0 Å². The normalized spacial score (nSPS) is 30.1. The van der Waals surface area contributed by atoms with Gasteiger partial charge in [-0.15, -0.1) is 0 Å². The molecule has 1 saturated heterocycles. The van der Waals surface area contributed by atoms with Gasteiger partial charge in [0.2, 0.25) is 0 Å². The molecule has 70 valence electrons. The Labute approximate surface area is 71.9 Å². The lowest BCUT2D eigenvalue weighted by atomic mass is 9.93. The first-order valence-electron chi connectivity index (χ1n) is 4.19. The molecule has 0 bridgehead atoms. The summed E-state index contributed by atoms with van der Waals surface area (Å²) in [7, 11) is 1.63. The number of carboxylic acids is 1. The molecular formula is C8H15NO3. The van der Waals surface area contributed by atoms with Gasteiger partial charge in [-0.25, -0.2) is 0 Å². The highest BCUT2D eigenvalue weighted by Gasteiger charge is 2.26. The molecule has 4 heteroatoms. The van der Waals surface area contributed by atoms with Crippen LogP contribution in [0.25, 0.3) is 0 Å². The fourth-order valence-corrected chi connectivity index (χ4v) is 1.56. The van der Waals surface area contributed by atoms with E-state index in [2.05, 4.69) is 5.32 Å². The van der Waals surface area contributed by atoms with Crippen LogP contribution >= 0.6 is 0 Å². The van der Waals surface area contributed by atoms with Gasteiger partial charge >= 0.3 is 5.97 Å². The number of aliphatic carboxylic acids is 1. The Bertz CT molecular complexity index is 158. The van der Waals surface area contributed by atoms with Crippen LogP contribution in [0, 0.1) is 5.92 Å². The molecular weight excluding hydrogens is 158 g/mol. The average molecular weight is 173 g/mol. The second kappa shape index (κ2) is 4.42. The lowest BCUT2D eigenvalue weighted by molar-refractivity contribution is -0.143. The van der Waals surface area contributed by atoms with E-state index in [1.54, 1.807) is 7.11 Å². The summed E-state index contributed by atoms with van der Waals surface area (Å²) in [6.45, 7) is 1.38. The van der Waals surface area contributed by atoms with Crippen LogP contribution in [0.4, 0.5) is 0 Å². The van der Waals surface area contributed by atoms with E-state index in [9.17, 15) is 4.79 Å². The van der Waals surface area contributed by atoms with Crippen LogP contribution < -0.4 is 5.32 Å². The van der Waals surface area contributed by atoms with E-state index in [-0.39, 0.29) is 12.0 Å². The fourth-order valence-electron chi connectivity index (χ4n) is 1.56. The maximum Gasteiger partial charge on any atom is 0.306 e. The summed E-state index contributed by atoms with van der Waals surface area (Å²) in [4.78, 5) is 10.6. The van der Waals surface area contributed by atoms with Crippen LogP contribution in [0.2, 0.25) is 0 Å². The second-order valence-electron chi connectivity index (χ2n) is 3.17. The maximum absolute atomic E-state index is 10.6. The van der Waals surface area contributed by atoms with E-state index in [4.69, 9.17) is 9.84 Å². The first-order chi connectivity index (χ1) is 5.74. The van der Waals surface area contributed by atoms with Crippen molar-refractivity contribution < 1.29 is 14.6 Å². The number of carbonyl (C=O) groups is 1. The van der Waals surface area contributed by atoms with Crippen molar-refractivity contribution in [3.8, 4) is 0 Å². The van der Waals surface area contributed by atoms with Gasteiger partial charge in [-0.1, -0.05) is 0 Å². The molecule has 0 aromatic heterocycles. The van der Waals surface area contributed by atoms with Crippen LogP contribution in [-0.2, 0) is 9.53 Å². The van der Waals surface area contributed by atoms with Crippen molar-refractivity contribution in [2.24, 2.45) is 5.92 Å². The Morgan fingerprint density at radius 1 is 1.75 bits per heavy atom. The van der Waals surface area contributed by atoms with E-state index >= 15 is 0 Å². The van der Waals surface area contributed by atoms with Crippen LogP contribution in [0.15, 0.2) is 0 Å². The molecule has 0 aliphatic carbocycles. The molecule has 4 nitrogen and oxygen atoms in total. The summed E-state index contributed by atoms with van der Waals surface area (Å²) in [5.74, 6) is -0.871.